The molecule has 0 bridgehead atoms. The summed E-state index contributed by atoms with van der Waals surface area (Å²) in [5, 5.41) is 12.0. The number of nitrogens with one attached hydrogen (secondary N) is 1. The van der Waals surface area contributed by atoms with Crippen LogP contribution in [0.4, 0.5) is 0 Å². The van der Waals surface area contributed by atoms with Crippen LogP contribution < -0.4 is 10.1 Å². The first-order valence-corrected chi connectivity index (χ1v) is 5.81. The first-order chi connectivity index (χ1) is 8.72. The van der Waals surface area contributed by atoms with E-state index in [9.17, 15) is 9.90 Å². The summed E-state index contributed by atoms with van der Waals surface area (Å²) in [4.78, 5) is 12.0. The molecule has 0 radical (unpaired) electrons. The van der Waals surface area contributed by atoms with E-state index >= 15 is 0 Å². The fourth-order valence-electron chi connectivity index (χ4n) is 1.85. The highest BCUT2D eigenvalue weighted by Crippen LogP contribution is 2.27. The Labute approximate surface area is 106 Å². The summed E-state index contributed by atoms with van der Waals surface area (Å²) in [7, 11) is 1.59. The summed E-state index contributed by atoms with van der Waals surface area (Å²) >= 11 is 0. The van der Waals surface area contributed by atoms with Gasteiger partial charge in [0, 0.05) is 12.1 Å². The van der Waals surface area contributed by atoms with Crippen molar-refractivity contribution in [2.75, 3.05) is 26.9 Å². The minimum atomic E-state index is -0.762. The van der Waals surface area contributed by atoms with Gasteiger partial charge in [0.1, 0.15) is 11.2 Å². The topological polar surface area (TPSA) is 67.8 Å². The number of aliphatic hydroxyl groups is 1. The second-order valence-corrected chi connectivity index (χ2v) is 4.43. The molecule has 0 aliphatic carbocycles. The van der Waals surface area contributed by atoms with Crippen LogP contribution in [0.1, 0.15) is 5.56 Å². The van der Waals surface area contributed by atoms with E-state index in [-0.39, 0.29) is 25.7 Å². The summed E-state index contributed by atoms with van der Waals surface area (Å²) in [5.41, 5.74) is 0.142. The molecule has 5 nitrogen and oxygen atoms in total. The number of hydrogen-bond acceptors (Lipinski definition) is 4. The zero-order valence-corrected chi connectivity index (χ0v) is 10.3. The van der Waals surface area contributed by atoms with Crippen LogP contribution in [0.2, 0.25) is 0 Å². The lowest BCUT2D eigenvalue weighted by Gasteiger charge is -2.38. The molecule has 1 aromatic rings. The first-order valence-electron chi connectivity index (χ1n) is 5.81. The van der Waals surface area contributed by atoms with Crippen molar-refractivity contribution in [1.82, 2.24) is 5.32 Å². The maximum Gasteiger partial charge on any atom is 0.233 e. The van der Waals surface area contributed by atoms with Crippen LogP contribution in [0.25, 0.3) is 0 Å². The van der Waals surface area contributed by atoms with Crippen LogP contribution >= 0.6 is 0 Å². The van der Waals surface area contributed by atoms with Crippen LogP contribution in [0.15, 0.2) is 24.3 Å². The van der Waals surface area contributed by atoms with Crippen LogP contribution in [-0.2, 0) is 16.1 Å². The predicted octanol–water partition coefficient (Wildman–Crippen LogP) is 0.320. The lowest BCUT2D eigenvalue weighted by molar-refractivity contribution is -0.170. The fraction of sp³-hybridized carbons (Fsp3) is 0.462. The Morgan fingerprint density at radius 2 is 2.22 bits per heavy atom. The molecule has 1 fully saturated rings. The van der Waals surface area contributed by atoms with E-state index in [4.69, 9.17) is 9.47 Å². The van der Waals surface area contributed by atoms with Gasteiger partial charge in [-0.25, -0.2) is 0 Å². The van der Waals surface area contributed by atoms with Crippen molar-refractivity contribution in [2.24, 2.45) is 5.41 Å². The minimum absolute atomic E-state index is 0.179. The number of rotatable bonds is 5. The summed E-state index contributed by atoms with van der Waals surface area (Å²) in [5.74, 6) is 0.558. The first kappa shape index (κ1) is 12.9. The number of carbonyl (C=O) groups excluding carboxylic acids is 1. The Bertz CT molecular complexity index is 423. The van der Waals surface area contributed by atoms with Crippen molar-refractivity contribution < 1.29 is 19.4 Å². The van der Waals surface area contributed by atoms with Gasteiger partial charge in [0.05, 0.1) is 26.9 Å². The Balaban J connectivity index is 1.97. The number of para-hydroxylation sites is 1. The van der Waals surface area contributed by atoms with Crippen molar-refractivity contribution in [2.45, 2.75) is 6.54 Å². The molecule has 1 amide bonds. The van der Waals surface area contributed by atoms with Crippen LogP contribution in [0.3, 0.4) is 0 Å². The van der Waals surface area contributed by atoms with E-state index in [2.05, 4.69) is 5.32 Å². The molecule has 0 atom stereocenters. The number of carbonyl (C=O) groups is 1. The van der Waals surface area contributed by atoms with Gasteiger partial charge in [-0.05, 0) is 6.07 Å². The van der Waals surface area contributed by atoms with E-state index in [1.807, 2.05) is 24.3 Å². The van der Waals surface area contributed by atoms with E-state index in [0.29, 0.717) is 6.54 Å². The average molecular weight is 251 g/mol. The second kappa shape index (κ2) is 5.37. The third-order valence-electron chi connectivity index (χ3n) is 3.17. The lowest BCUT2D eigenvalue weighted by Crippen LogP contribution is -2.56. The summed E-state index contributed by atoms with van der Waals surface area (Å²) in [6.45, 7) is 0.748. The molecule has 0 unspecified atom stereocenters. The number of aliphatic hydroxyl groups excluding tert-OH is 1. The molecule has 98 valence electrons. The minimum Gasteiger partial charge on any atom is -0.496 e. The van der Waals surface area contributed by atoms with Crippen LogP contribution in [-0.4, -0.2) is 37.9 Å². The van der Waals surface area contributed by atoms with Gasteiger partial charge in [0.2, 0.25) is 5.91 Å². The van der Waals surface area contributed by atoms with Gasteiger partial charge >= 0.3 is 0 Å². The smallest absolute Gasteiger partial charge is 0.233 e. The van der Waals surface area contributed by atoms with Crippen LogP contribution in [0.5, 0.6) is 5.75 Å². The Hall–Kier alpha value is -1.59. The van der Waals surface area contributed by atoms with Gasteiger partial charge in [-0.3, -0.25) is 4.79 Å². The van der Waals surface area contributed by atoms with Gasteiger partial charge in [0.25, 0.3) is 0 Å². The van der Waals surface area contributed by atoms with Crippen molar-refractivity contribution in [3.8, 4) is 5.75 Å². The number of methoxy groups -OCH3 is 1. The molecule has 0 saturated carbocycles. The van der Waals surface area contributed by atoms with Gasteiger partial charge in [-0.1, -0.05) is 18.2 Å². The number of ether oxygens (including phenoxy) is 2. The van der Waals surface area contributed by atoms with Crippen molar-refractivity contribution >= 4 is 5.91 Å². The molecule has 2 rings (SSSR count). The Morgan fingerprint density at radius 1 is 1.50 bits per heavy atom. The zero-order chi connectivity index (χ0) is 13.0. The fourth-order valence-corrected chi connectivity index (χ4v) is 1.85. The van der Waals surface area contributed by atoms with Gasteiger partial charge < -0.3 is 19.9 Å². The SMILES string of the molecule is COc1ccccc1CNC(=O)C1(CO)COC1. The Morgan fingerprint density at radius 3 is 2.78 bits per heavy atom. The van der Waals surface area contributed by atoms with Crippen LogP contribution in [0, 0.1) is 5.41 Å². The number of amides is 1. The van der Waals surface area contributed by atoms with E-state index < -0.39 is 5.41 Å². The standard InChI is InChI=1S/C13H17NO4/c1-17-11-5-3-2-4-10(11)6-14-12(16)13(7-15)8-18-9-13/h2-5,15H,6-9H2,1H3,(H,14,16). The van der Waals surface area contributed by atoms with Gasteiger partial charge in [0.15, 0.2) is 0 Å². The summed E-state index contributed by atoms with van der Waals surface area (Å²) in [6, 6.07) is 7.50. The quantitative estimate of drug-likeness (QED) is 0.791. The largest absolute Gasteiger partial charge is 0.496 e. The van der Waals surface area contributed by atoms with E-state index in [1.54, 1.807) is 7.11 Å². The zero-order valence-electron chi connectivity index (χ0n) is 10.3. The molecule has 18 heavy (non-hydrogen) atoms. The molecular formula is C13H17NO4. The molecule has 0 spiro atoms. The molecule has 5 heteroatoms. The van der Waals surface area contributed by atoms with Gasteiger partial charge in [-0.15, -0.1) is 0 Å². The third kappa shape index (κ3) is 2.32. The molecule has 1 aliphatic heterocycles. The summed E-state index contributed by atoms with van der Waals surface area (Å²) < 4.78 is 10.2. The average Bonchev–Trinajstić information content (AvgIpc) is 2.36. The maximum absolute atomic E-state index is 12.0. The van der Waals surface area contributed by atoms with E-state index in [1.165, 1.54) is 0 Å². The highest BCUT2D eigenvalue weighted by atomic mass is 16.5. The Kier molecular flexibility index (Phi) is 3.84. The highest BCUT2D eigenvalue weighted by Gasteiger charge is 2.45. The van der Waals surface area contributed by atoms with Gasteiger partial charge in [-0.2, -0.15) is 0 Å². The predicted molar refractivity (Wildman–Crippen MR) is 65.2 cm³/mol. The lowest BCUT2D eigenvalue weighted by atomic mass is 9.86. The molecule has 1 saturated heterocycles. The number of hydrogen-bond donors (Lipinski definition) is 2. The van der Waals surface area contributed by atoms with Crippen molar-refractivity contribution in [3.05, 3.63) is 29.8 Å². The van der Waals surface area contributed by atoms with Crippen molar-refractivity contribution in [3.63, 3.8) is 0 Å². The highest BCUT2D eigenvalue weighted by molar-refractivity contribution is 5.83. The maximum atomic E-state index is 12.0. The van der Waals surface area contributed by atoms with E-state index in [0.717, 1.165) is 11.3 Å². The molecule has 0 aromatic heterocycles. The number of benzene rings is 1. The molecule has 1 heterocycles. The second-order valence-electron chi connectivity index (χ2n) is 4.43. The van der Waals surface area contributed by atoms with Crippen molar-refractivity contribution in [1.29, 1.82) is 0 Å². The summed E-state index contributed by atoms with van der Waals surface area (Å²) in [6.07, 6.45) is 0. The molecule has 1 aliphatic rings. The molecule has 1 aromatic carbocycles. The third-order valence-corrected chi connectivity index (χ3v) is 3.17. The molecular weight excluding hydrogens is 234 g/mol. The molecule has 2 N–H and O–H groups in total. The monoisotopic (exact) mass is 251 g/mol. The normalized spacial score (nSPS) is 16.8.